The highest BCUT2D eigenvalue weighted by Gasteiger charge is 2.35. The van der Waals surface area contributed by atoms with Crippen LogP contribution in [0.3, 0.4) is 0 Å². The normalized spacial score (nSPS) is 22.9. The molecule has 1 saturated carbocycles. The zero-order chi connectivity index (χ0) is 17.8. The lowest BCUT2D eigenvalue weighted by atomic mass is 9.78. The summed E-state index contributed by atoms with van der Waals surface area (Å²) in [6.07, 6.45) is 6.99. The van der Waals surface area contributed by atoms with Gasteiger partial charge in [-0.15, -0.1) is 0 Å². The number of hydrogen-bond donors (Lipinski definition) is 0. The molecule has 1 aliphatic heterocycles. The van der Waals surface area contributed by atoms with E-state index in [1.165, 1.54) is 25.7 Å². The second kappa shape index (κ2) is 8.21. The molecule has 1 heterocycles. The molecule has 3 rings (SSSR count). The summed E-state index contributed by atoms with van der Waals surface area (Å²) in [5, 5.41) is 0. The molecular weight excluding hydrogens is 386 g/mol. The molecule has 25 heavy (non-hydrogen) atoms. The van der Waals surface area contributed by atoms with Gasteiger partial charge in [0.25, 0.3) is 5.91 Å². The van der Waals surface area contributed by atoms with Gasteiger partial charge in [0.1, 0.15) is 5.75 Å². The second-order valence-corrected chi connectivity index (χ2v) is 7.62. The van der Waals surface area contributed by atoms with E-state index >= 15 is 0 Å². The van der Waals surface area contributed by atoms with E-state index in [1.54, 1.807) is 25.3 Å². The fraction of sp³-hybridized carbons (Fsp3) is 0.579. The molecule has 1 amide bonds. The van der Waals surface area contributed by atoms with Gasteiger partial charge in [0.05, 0.1) is 12.7 Å². The van der Waals surface area contributed by atoms with Gasteiger partial charge >= 0.3 is 5.97 Å². The number of fused-ring (bicyclic) bond motifs is 1. The van der Waals surface area contributed by atoms with Crippen molar-refractivity contribution in [2.24, 2.45) is 5.92 Å². The molecule has 1 aromatic rings. The van der Waals surface area contributed by atoms with Crippen LogP contribution in [0.15, 0.2) is 22.7 Å². The average molecular weight is 410 g/mol. The summed E-state index contributed by atoms with van der Waals surface area (Å²) in [6.45, 7) is 0.576. The molecule has 0 spiro atoms. The van der Waals surface area contributed by atoms with Gasteiger partial charge in [-0.1, -0.05) is 12.8 Å². The molecule has 0 N–H and O–H groups in total. The Morgan fingerprint density at radius 3 is 2.76 bits per heavy atom. The lowest BCUT2D eigenvalue weighted by Gasteiger charge is -2.44. The topological polar surface area (TPSA) is 55.8 Å². The number of esters is 1. The van der Waals surface area contributed by atoms with Crippen molar-refractivity contribution < 1.29 is 19.1 Å². The molecule has 2 atom stereocenters. The molecule has 0 aromatic heterocycles. The van der Waals surface area contributed by atoms with Crippen molar-refractivity contribution in [1.29, 1.82) is 0 Å². The van der Waals surface area contributed by atoms with Gasteiger partial charge in [0, 0.05) is 17.1 Å². The monoisotopic (exact) mass is 409 g/mol. The van der Waals surface area contributed by atoms with E-state index < -0.39 is 5.97 Å². The summed E-state index contributed by atoms with van der Waals surface area (Å²) in [7, 11) is 1.54. The predicted octanol–water partition coefficient (Wildman–Crippen LogP) is 3.80. The standard InChI is InChI=1S/C19H24BrNO4/c1-24-14-8-9-16(20)15(11-14)19(23)25-12-18(22)21-10-4-6-13-5-2-3-7-17(13)21/h8-9,11,13,17H,2-7,10,12H2,1H3/t13-,17+/m0/s1. The third kappa shape index (κ3) is 4.17. The first-order valence-electron chi connectivity index (χ1n) is 8.90. The van der Waals surface area contributed by atoms with Crippen LogP contribution in [0.2, 0.25) is 0 Å². The Bertz CT molecular complexity index is 646. The molecule has 1 aliphatic carbocycles. The highest BCUT2D eigenvalue weighted by atomic mass is 79.9. The Hall–Kier alpha value is -1.56. The van der Waals surface area contributed by atoms with Gasteiger partial charge in [-0.05, 0) is 65.7 Å². The van der Waals surface area contributed by atoms with E-state index in [2.05, 4.69) is 15.9 Å². The van der Waals surface area contributed by atoms with Crippen molar-refractivity contribution in [3.05, 3.63) is 28.2 Å². The van der Waals surface area contributed by atoms with E-state index in [0.29, 0.717) is 27.7 Å². The van der Waals surface area contributed by atoms with Crippen molar-refractivity contribution in [2.75, 3.05) is 20.3 Å². The number of piperidine rings is 1. The Balaban J connectivity index is 1.61. The summed E-state index contributed by atoms with van der Waals surface area (Å²) in [6, 6.07) is 5.42. The van der Waals surface area contributed by atoms with Crippen LogP contribution in [0.5, 0.6) is 5.75 Å². The number of methoxy groups -OCH3 is 1. The van der Waals surface area contributed by atoms with Gasteiger partial charge < -0.3 is 14.4 Å². The lowest BCUT2D eigenvalue weighted by molar-refractivity contribution is -0.140. The van der Waals surface area contributed by atoms with Crippen molar-refractivity contribution in [1.82, 2.24) is 4.90 Å². The molecule has 0 bridgehead atoms. The minimum Gasteiger partial charge on any atom is -0.497 e. The van der Waals surface area contributed by atoms with Gasteiger partial charge in [0.2, 0.25) is 0 Å². The number of carbonyl (C=O) groups is 2. The van der Waals surface area contributed by atoms with Crippen LogP contribution in [-0.2, 0) is 9.53 Å². The Morgan fingerprint density at radius 2 is 1.96 bits per heavy atom. The first kappa shape index (κ1) is 18.2. The van der Waals surface area contributed by atoms with E-state index in [9.17, 15) is 9.59 Å². The van der Waals surface area contributed by atoms with Crippen molar-refractivity contribution in [3.63, 3.8) is 0 Å². The summed E-state index contributed by atoms with van der Waals surface area (Å²) < 4.78 is 11.0. The van der Waals surface area contributed by atoms with E-state index in [1.807, 2.05) is 4.90 Å². The highest BCUT2D eigenvalue weighted by molar-refractivity contribution is 9.10. The fourth-order valence-corrected chi connectivity index (χ4v) is 4.42. The number of amides is 1. The van der Waals surface area contributed by atoms with E-state index in [4.69, 9.17) is 9.47 Å². The fourth-order valence-electron chi connectivity index (χ4n) is 4.01. The van der Waals surface area contributed by atoms with E-state index in [-0.39, 0.29) is 12.5 Å². The number of ether oxygens (including phenoxy) is 2. The smallest absolute Gasteiger partial charge is 0.339 e. The molecule has 6 heteroatoms. The van der Waals surface area contributed by atoms with Crippen LogP contribution in [0.1, 0.15) is 48.9 Å². The Morgan fingerprint density at radius 1 is 1.20 bits per heavy atom. The number of nitrogens with zero attached hydrogens (tertiary/aromatic N) is 1. The third-order valence-electron chi connectivity index (χ3n) is 5.28. The number of likely N-dealkylation sites (tertiary alicyclic amines) is 1. The molecule has 0 unspecified atom stereocenters. The summed E-state index contributed by atoms with van der Waals surface area (Å²) in [4.78, 5) is 26.9. The molecule has 0 radical (unpaired) electrons. The number of halogens is 1. The zero-order valence-electron chi connectivity index (χ0n) is 14.5. The highest BCUT2D eigenvalue weighted by Crippen LogP contribution is 2.35. The van der Waals surface area contributed by atoms with Crippen LogP contribution in [0.4, 0.5) is 0 Å². The van der Waals surface area contributed by atoms with Crippen molar-refractivity contribution in [3.8, 4) is 5.75 Å². The maximum absolute atomic E-state index is 12.6. The summed E-state index contributed by atoms with van der Waals surface area (Å²) in [5.41, 5.74) is 0.362. The molecule has 2 fully saturated rings. The van der Waals surface area contributed by atoms with Crippen LogP contribution in [-0.4, -0.2) is 43.1 Å². The second-order valence-electron chi connectivity index (χ2n) is 6.76. The van der Waals surface area contributed by atoms with Crippen LogP contribution >= 0.6 is 15.9 Å². The van der Waals surface area contributed by atoms with Gasteiger partial charge in [-0.2, -0.15) is 0 Å². The first-order chi connectivity index (χ1) is 12.1. The van der Waals surface area contributed by atoms with E-state index in [0.717, 1.165) is 19.4 Å². The molecule has 1 saturated heterocycles. The zero-order valence-corrected chi connectivity index (χ0v) is 16.1. The molecule has 2 aliphatic rings. The minimum atomic E-state index is -0.517. The summed E-state index contributed by atoms with van der Waals surface area (Å²) in [5.74, 6) is 0.595. The van der Waals surface area contributed by atoms with Gasteiger partial charge in [0.15, 0.2) is 6.61 Å². The van der Waals surface area contributed by atoms with Crippen molar-refractivity contribution >= 4 is 27.8 Å². The van der Waals surface area contributed by atoms with Gasteiger partial charge in [-0.25, -0.2) is 4.79 Å². The number of carbonyl (C=O) groups excluding carboxylic acids is 2. The largest absolute Gasteiger partial charge is 0.497 e. The Labute approximate surface area is 156 Å². The van der Waals surface area contributed by atoms with Crippen LogP contribution in [0, 0.1) is 5.92 Å². The molecule has 1 aromatic carbocycles. The average Bonchev–Trinajstić information content (AvgIpc) is 2.65. The third-order valence-corrected chi connectivity index (χ3v) is 5.98. The lowest BCUT2D eigenvalue weighted by Crippen LogP contribution is -2.50. The minimum absolute atomic E-state index is 0.0797. The van der Waals surface area contributed by atoms with Crippen molar-refractivity contribution in [2.45, 2.75) is 44.6 Å². The van der Waals surface area contributed by atoms with Crippen LogP contribution in [0.25, 0.3) is 0 Å². The Kier molecular flexibility index (Phi) is 5.99. The number of benzene rings is 1. The molecular formula is C19H24BrNO4. The van der Waals surface area contributed by atoms with Gasteiger partial charge in [-0.3, -0.25) is 4.79 Å². The molecule has 5 nitrogen and oxygen atoms in total. The maximum Gasteiger partial charge on any atom is 0.339 e. The SMILES string of the molecule is COc1ccc(Br)c(C(=O)OCC(=O)N2CCC[C@@H]3CCCC[C@H]32)c1. The summed E-state index contributed by atoms with van der Waals surface area (Å²) >= 11 is 3.34. The van der Waals surface area contributed by atoms with Crippen LogP contribution < -0.4 is 4.74 Å². The molecule has 136 valence electrons. The number of rotatable bonds is 4. The predicted molar refractivity (Wildman–Crippen MR) is 97.7 cm³/mol. The maximum atomic E-state index is 12.6. The number of hydrogen-bond acceptors (Lipinski definition) is 4. The quantitative estimate of drug-likeness (QED) is 0.709. The first-order valence-corrected chi connectivity index (χ1v) is 9.69.